The predicted octanol–water partition coefficient (Wildman–Crippen LogP) is 6.65. The van der Waals surface area contributed by atoms with E-state index in [2.05, 4.69) is 76.1 Å². The van der Waals surface area contributed by atoms with Crippen molar-refractivity contribution in [3.63, 3.8) is 0 Å². The van der Waals surface area contributed by atoms with Gasteiger partial charge < -0.3 is 49.3 Å². The van der Waals surface area contributed by atoms with Gasteiger partial charge in [0.1, 0.15) is 23.7 Å². The Morgan fingerprint density at radius 3 is 1.95 bits per heavy atom. The number of carbonyl (C=O) groups excluding carboxylic acids is 4. The predicted molar refractivity (Wildman–Crippen MR) is 239 cm³/mol. The van der Waals surface area contributed by atoms with E-state index in [1.54, 1.807) is 0 Å². The van der Waals surface area contributed by atoms with Gasteiger partial charge in [-0.05, 0) is 121 Å². The number of H-pyrrole nitrogens is 2. The van der Waals surface area contributed by atoms with Crippen LogP contribution in [0.25, 0.3) is 44.2 Å². The molecule has 4 saturated heterocycles. The molecule has 4 aliphatic heterocycles. The highest BCUT2D eigenvalue weighted by Gasteiger charge is 2.62. The molecule has 4 N–H and O–H groups in total. The number of benzene rings is 3. The van der Waals surface area contributed by atoms with E-state index >= 15 is 0 Å². The lowest BCUT2D eigenvalue weighted by atomic mass is 9.90. The summed E-state index contributed by atoms with van der Waals surface area (Å²) in [5.41, 5.74) is 5.72. The number of imidazole rings is 2. The summed E-state index contributed by atoms with van der Waals surface area (Å²) in [6, 6.07) is 17.5. The second kappa shape index (κ2) is 16.8. The molecule has 2 aliphatic carbocycles. The van der Waals surface area contributed by atoms with Crippen molar-refractivity contribution in [1.82, 2.24) is 40.4 Å². The lowest BCUT2D eigenvalue weighted by molar-refractivity contribution is -0.139. The number of fused-ring (bicyclic) bond motifs is 4. The highest BCUT2D eigenvalue weighted by molar-refractivity contribution is 5.92. The molecule has 4 amide bonds. The number of nitrogens with zero attached hydrogens (tertiary/aromatic N) is 4. The number of likely N-dealkylation sites (tertiary alicyclic amines) is 2. The summed E-state index contributed by atoms with van der Waals surface area (Å²) in [4.78, 5) is 74.6. The monoisotopic (exact) mass is 884 g/mol. The second-order valence-electron chi connectivity index (χ2n) is 19.0. The fourth-order valence-corrected chi connectivity index (χ4v) is 11.6. The first kappa shape index (κ1) is 41.7. The number of aromatic nitrogens is 4. The summed E-state index contributed by atoms with van der Waals surface area (Å²) in [6.07, 6.45) is 6.06. The van der Waals surface area contributed by atoms with E-state index in [0.717, 1.165) is 75.1 Å². The molecule has 11 rings (SSSR count). The molecule has 3 unspecified atom stereocenters. The number of nitrogens with one attached hydrogen (secondary N) is 4. The smallest absolute Gasteiger partial charge is 0.407 e. The van der Waals surface area contributed by atoms with Crippen LogP contribution < -0.4 is 10.6 Å². The van der Waals surface area contributed by atoms with Gasteiger partial charge in [0.05, 0.1) is 49.2 Å². The van der Waals surface area contributed by atoms with Crippen molar-refractivity contribution in [2.24, 2.45) is 29.6 Å². The SMILES string of the molecule is COC(=O)N[C@H](C(=O)N1C2C(C)C2C[C@H]1c1ncc(-c2ccc3cc(-c4ccc5nc([C@@H]6C[C@H]7C[C@H]7N6C(=O)[C@@H](NC(=O)OC)C6CCOCC6)[nH]c5c4)ccc3c2)[nH]1)C1CCOCC1. The van der Waals surface area contributed by atoms with Crippen LogP contribution in [0.1, 0.15) is 75.6 Å². The number of methoxy groups -OCH3 is 2. The van der Waals surface area contributed by atoms with Gasteiger partial charge in [0.2, 0.25) is 11.8 Å². The third-order valence-electron chi connectivity index (χ3n) is 15.4. The van der Waals surface area contributed by atoms with Crippen molar-refractivity contribution < 1.29 is 38.1 Å². The molecular weight excluding hydrogens is 829 g/mol. The van der Waals surface area contributed by atoms with Crippen molar-refractivity contribution in [2.45, 2.75) is 88.1 Å². The summed E-state index contributed by atoms with van der Waals surface area (Å²) in [6.45, 7) is 4.44. The number of amides is 4. The Hall–Kier alpha value is -6.00. The Morgan fingerprint density at radius 1 is 0.708 bits per heavy atom. The number of piperidine rings is 2. The van der Waals surface area contributed by atoms with E-state index in [1.165, 1.54) is 14.2 Å². The summed E-state index contributed by atoms with van der Waals surface area (Å²) < 4.78 is 21.0. The molecule has 0 bridgehead atoms. The lowest BCUT2D eigenvalue weighted by Gasteiger charge is -2.35. The maximum atomic E-state index is 14.4. The number of aromatic amines is 2. The summed E-state index contributed by atoms with van der Waals surface area (Å²) in [7, 11) is 2.65. The first-order chi connectivity index (χ1) is 31.7. The molecule has 65 heavy (non-hydrogen) atoms. The van der Waals surface area contributed by atoms with Crippen LogP contribution in [0.5, 0.6) is 0 Å². The van der Waals surface area contributed by atoms with Gasteiger partial charge in [-0.2, -0.15) is 0 Å². The van der Waals surface area contributed by atoms with Crippen molar-refractivity contribution in [3.8, 4) is 22.4 Å². The molecule has 340 valence electrons. The van der Waals surface area contributed by atoms with Crippen LogP contribution in [-0.2, 0) is 28.5 Å². The maximum absolute atomic E-state index is 14.4. The highest BCUT2D eigenvalue weighted by Crippen LogP contribution is 2.58. The third-order valence-corrected chi connectivity index (χ3v) is 15.4. The number of hydrogen-bond donors (Lipinski definition) is 4. The zero-order chi connectivity index (χ0) is 44.5. The second-order valence-corrected chi connectivity index (χ2v) is 19.0. The summed E-state index contributed by atoms with van der Waals surface area (Å²) >= 11 is 0. The van der Waals surface area contributed by atoms with Gasteiger partial charge >= 0.3 is 12.2 Å². The minimum absolute atomic E-state index is 0.0270. The van der Waals surface area contributed by atoms with Gasteiger partial charge in [0.25, 0.3) is 0 Å². The molecule has 5 aromatic rings. The van der Waals surface area contributed by atoms with Crippen molar-refractivity contribution in [1.29, 1.82) is 0 Å². The average molecular weight is 885 g/mol. The topological polar surface area (TPSA) is 193 Å². The van der Waals surface area contributed by atoms with E-state index in [-0.39, 0.29) is 47.8 Å². The van der Waals surface area contributed by atoms with E-state index in [9.17, 15) is 19.2 Å². The van der Waals surface area contributed by atoms with Gasteiger partial charge in [-0.25, -0.2) is 19.6 Å². The summed E-state index contributed by atoms with van der Waals surface area (Å²) in [5, 5.41) is 7.92. The Labute approximate surface area is 376 Å². The first-order valence-electron chi connectivity index (χ1n) is 23.2. The van der Waals surface area contributed by atoms with Crippen LogP contribution >= 0.6 is 0 Å². The molecule has 3 aromatic carbocycles. The molecule has 6 fully saturated rings. The zero-order valence-electron chi connectivity index (χ0n) is 37.0. The van der Waals surface area contributed by atoms with Crippen LogP contribution in [0.4, 0.5) is 9.59 Å². The van der Waals surface area contributed by atoms with Crippen LogP contribution in [-0.4, -0.2) is 119 Å². The van der Waals surface area contributed by atoms with Crippen LogP contribution in [0.3, 0.4) is 0 Å². The average Bonchev–Trinajstić information content (AvgIpc) is 3.82. The molecule has 0 spiro atoms. The number of rotatable bonds is 10. The Morgan fingerprint density at radius 2 is 1.29 bits per heavy atom. The van der Waals surface area contributed by atoms with Crippen LogP contribution in [0, 0.1) is 29.6 Å². The quantitative estimate of drug-likeness (QED) is 0.118. The highest BCUT2D eigenvalue weighted by atomic mass is 16.5. The maximum Gasteiger partial charge on any atom is 0.407 e. The molecule has 2 aromatic heterocycles. The standard InChI is InChI=1S/C49H56N8O8/c1-25-34-23-40(57(43(25)34)47(59)42(55-49(61)63-3)27-12-16-65-17-13-27)44-50-24-37(53-44)32-7-6-28-18-29(4-5-30(28)19-32)31-8-9-35-36(20-31)52-45(51-35)39-22-33-21-38(33)56(39)46(58)41(54-48(60)62-2)26-10-14-64-15-11-26/h4-9,18-20,24-27,33-34,38-43H,10-17,21-23H2,1-3H3,(H,50,53)(H,51,52)(H,54,60)(H,55,61)/t25?,33-,34?,38-,39+,40+,41+,42+,43?/m1/s1. The normalized spacial score (nSPS) is 27.2. The van der Waals surface area contributed by atoms with E-state index in [0.29, 0.717) is 69.9 Å². The van der Waals surface area contributed by atoms with Gasteiger partial charge in [0, 0.05) is 44.1 Å². The van der Waals surface area contributed by atoms with Gasteiger partial charge in [-0.15, -0.1) is 0 Å². The molecule has 2 saturated carbocycles. The lowest BCUT2D eigenvalue weighted by Crippen LogP contribution is -2.54. The summed E-state index contributed by atoms with van der Waals surface area (Å²) in [5.74, 6) is 2.53. The van der Waals surface area contributed by atoms with Gasteiger partial charge in [-0.1, -0.05) is 37.3 Å². The molecule has 0 radical (unpaired) electrons. The zero-order valence-corrected chi connectivity index (χ0v) is 37.0. The number of ether oxygens (including phenoxy) is 4. The Balaban J connectivity index is 0.808. The first-order valence-corrected chi connectivity index (χ1v) is 23.2. The molecular formula is C49H56N8O8. The third kappa shape index (κ3) is 7.67. The fraction of sp³-hybridized carbons (Fsp3) is 0.510. The van der Waals surface area contributed by atoms with Gasteiger partial charge in [-0.3, -0.25) is 9.59 Å². The van der Waals surface area contributed by atoms with Crippen LogP contribution in [0.15, 0.2) is 60.8 Å². The number of carbonyl (C=O) groups is 4. The van der Waals surface area contributed by atoms with E-state index in [4.69, 9.17) is 28.9 Å². The van der Waals surface area contributed by atoms with Crippen molar-refractivity contribution >= 4 is 45.8 Å². The number of hydrogen-bond acceptors (Lipinski definition) is 10. The largest absolute Gasteiger partial charge is 0.453 e. The van der Waals surface area contributed by atoms with E-state index < -0.39 is 24.3 Å². The number of alkyl carbamates (subject to hydrolysis) is 2. The molecule has 16 nitrogen and oxygen atoms in total. The molecule has 6 aliphatic rings. The van der Waals surface area contributed by atoms with Crippen molar-refractivity contribution in [2.75, 3.05) is 40.6 Å². The minimum atomic E-state index is -0.690. The van der Waals surface area contributed by atoms with Gasteiger partial charge in [0.15, 0.2) is 0 Å². The minimum Gasteiger partial charge on any atom is -0.453 e. The van der Waals surface area contributed by atoms with Crippen LogP contribution in [0.2, 0.25) is 0 Å². The molecule has 6 heterocycles. The fourth-order valence-electron chi connectivity index (χ4n) is 11.6. The Bertz CT molecular complexity index is 2650. The van der Waals surface area contributed by atoms with Crippen molar-refractivity contribution in [3.05, 3.63) is 72.4 Å². The Kier molecular flexibility index (Phi) is 10.8. The van der Waals surface area contributed by atoms with E-state index in [1.807, 2.05) is 22.1 Å². The molecule has 9 atom stereocenters. The molecule has 16 heteroatoms.